The molecule has 2 N–H and O–H groups in total. The Bertz CT molecular complexity index is 691. The number of esters is 2. The first-order valence-electron chi connectivity index (χ1n) is 8.79. The van der Waals surface area contributed by atoms with Gasteiger partial charge in [0.1, 0.15) is 12.1 Å². The van der Waals surface area contributed by atoms with Gasteiger partial charge in [-0.15, -0.1) is 0 Å². The number of rotatable bonds is 8. The van der Waals surface area contributed by atoms with Crippen LogP contribution in [0.25, 0.3) is 0 Å². The first-order valence-corrected chi connectivity index (χ1v) is 8.79. The van der Waals surface area contributed by atoms with Gasteiger partial charge in [-0.3, -0.25) is 0 Å². The van der Waals surface area contributed by atoms with Crippen LogP contribution in [0.15, 0.2) is 48.5 Å². The van der Waals surface area contributed by atoms with Crippen LogP contribution in [-0.4, -0.2) is 38.2 Å². The Hall–Kier alpha value is -3.02. The van der Waals surface area contributed by atoms with Crippen LogP contribution in [-0.2, 0) is 25.5 Å². The SMILES string of the molecule is COC(=O)[C@H](C)Nc1ccc(Cc2ccc(N[C@@H](C)C(=O)OC)cc2)cc1. The normalized spacial score (nSPS) is 12.6. The van der Waals surface area contributed by atoms with E-state index >= 15 is 0 Å². The average Bonchev–Trinajstić information content (AvgIpc) is 2.69. The summed E-state index contributed by atoms with van der Waals surface area (Å²) in [4.78, 5) is 22.9. The second-order valence-corrected chi connectivity index (χ2v) is 6.35. The van der Waals surface area contributed by atoms with Gasteiger partial charge in [0.25, 0.3) is 0 Å². The highest BCUT2D eigenvalue weighted by molar-refractivity contribution is 5.79. The van der Waals surface area contributed by atoms with Crippen LogP contribution in [0.3, 0.4) is 0 Å². The zero-order chi connectivity index (χ0) is 19.8. The second kappa shape index (κ2) is 9.62. The predicted molar refractivity (Wildman–Crippen MR) is 106 cm³/mol. The van der Waals surface area contributed by atoms with E-state index in [4.69, 9.17) is 9.47 Å². The van der Waals surface area contributed by atoms with Gasteiger partial charge in [0.05, 0.1) is 14.2 Å². The Morgan fingerprint density at radius 3 is 1.37 bits per heavy atom. The Balaban J connectivity index is 1.93. The molecule has 0 aliphatic rings. The lowest BCUT2D eigenvalue weighted by molar-refractivity contribution is -0.141. The molecule has 0 spiro atoms. The first-order chi connectivity index (χ1) is 12.9. The fourth-order valence-electron chi connectivity index (χ4n) is 2.64. The van der Waals surface area contributed by atoms with Crippen molar-refractivity contribution in [3.8, 4) is 0 Å². The molecule has 0 amide bonds. The summed E-state index contributed by atoms with van der Waals surface area (Å²) in [6.07, 6.45) is 0.791. The summed E-state index contributed by atoms with van der Waals surface area (Å²) in [5.41, 5.74) is 4.06. The zero-order valence-corrected chi connectivity index (χ0v) is 16.1. The van der Waals surface area contributed by atoms with E-state index < -0.39 is 12.1 Å². The van der Waals surface area contributed by atoms with E-state index in [2.05, 4.69) is 10.6 Å². The molecule has 2 atom stereocenters. The Labute approximate surface area is 159 Å². The zero-order valence-electron chi connectivity index (χ0n) is 16.1. The molecule has 0 unspecified atom stereocenters. The monoisotopic (exact) mass is 370 g/mol. The lowest BCUT2D eigenvalue weighted by Crippen LogP contribution is -2.27. The van der Waals surface area contributed by atoms with Gasteiger partial charge in [-0.05, 0) is 55.7 Å². The van der Waals surface area contributed by atoms with Gasteiger partial charge in [-0.1, -0.05) is 24.3 Å². The van der Waals surface area contributed by atoms with Crippen LogP contribution in [0.2, 0.25) is 0 Å². The minimum atomic E-state index is -0.395. The second-order valence-electron chi connectivity index (χ2n) is 6.35. The van der Waals surface area contributed by atoms with Crippen molar-refractivity contribution in [3.63, 3.8) is 0 Å². The highest BCUT2D eigenvalue weighted by atomic mass is 16.5. The van der Waals surface area contributed by atoms with E-state index in [0.717, 1.165) is 28.9 Å². The lowest BCUT2D eigenvalue weighted by Gasteiger charge is -2.14. The molecule has 6 heteroatoms. The number of anilines is 2. The number of carbonyl (C=O) groups excluding carboxylic acids is 2. The quantitative estimate of drug-likeness (QED) is 0.695. The summed E-state index contributed by atoms with van der Waals surface area (Å²) in [6, 6.07) is 15.1. The topological polar surface area (TPSA) is 76.7 Å². The molecule has 2 aromatic carbocycles. The average molecular weight is 370 g/mol. The molecule has 0 aromatic heterocycles. The van der Waals surface area contributed by atoms with Gasteiger partial charge in [0.15, 0.2) is 0 Å². The number of ether oxygens (including phenoxy) is 2. The molecule has 2 aromatic rings. The highest BCUT2D eigenvalue weighted by Gasteiger charge is 2.13. The fourth-order valence-corrected chi connectivity index (χ4v) is 2.64. The first kappa shape index (κ1) is 20.3. The maximum Gasteiger partial charge on any atom is 0.327 e. The minimum absolute atomic E-state index is 0.297. The smallest absolute Gasteiger partial charge is 0.327 e. The van der Waals surface area contributed by atoms with Crippen molar-refractivity contribution in [2.75, 3.05) is 24.9 Å². The number of carbonyl (C=O) groups is 2. The van der Waals surface area contributed by atoms with E-state index in [9.17, 15) is 9.59 Å². The van der Waals surface area contributed by atoms with Crippen molar-refractivity contribution in [3.05, 3.63) is 59.7 Å². The summed E-state index contributed by atoms with van der Waals surface area (Å²) in [5.74, 6) is -0.594. The Morgan fingerprint density at radius 1 is 0.741 bits per heavy atom. The number of hydrogen-bond acceptors (Lipinski definition) is 6. The van der Waals surface area contributed by atoms with Crippen LogP contribution in [0.4, 0.5) is 11.4 Å². The third-order valence-electron chi connectivity index (χ3n) is 4.19. The van der Waals surface area contributed by atoms with Crippen molar-refractivity contribution in [1.82, 2.24) is 0 Å². The Morgan fingerprint density at radius 2 is 1.07 bits per heavy atom. The summed E-state index contributed by atoms with van der Waals surface area (Å²) >= 11 is 0. The maximum atomic E-state index is 11.5. The molecular weight excluding hydrogens is 344 g/mol. The van der Waals surface area contributed by atoms with Gasteiger partial charge in [0, 0.05) is 11.4 Å². The fraction of sp³-hybridized carbons (Fsp3) is 0.333. The summed E-state index contributed by atoms with van der Waals surface area (Å²) in [7, 11) is 2.75. The molecule has 27 heavy (non-hydrogen) atoms. The van der Waals surface area contributed by atoms with Crippen LogP contribution >= 0.6 is 0 Å². The van der Waals surface area contributed by atoms with Crippen LogP contribution in [0, 0.1) is 0 Å². The van der Waals surface area contributed by atoms with Crippen molar-refractivity contribution < 1.29 is 19.1 Å². The van der Waals surface area contributed by atoms with Crippen molar-refractivity contribution >= 4 is 23.3 Å². The number of methoxy groups -OCH3 is 2. The van der Waals surface area contributed by atoms with Crippen molar-refractivity contribution in [2.45, 2.75) is 32.4 Å². The number of nitrogens with one attached hydrogen (secondary N) is 2. The third-order valence-corrected chi connectivity index (χ3v) is 4.19. The number of benzene rings is 2. The molecule has 0 aliphatic carbocycles. The molecule has 0 bridgehead atoms. The molecule has 0 heterocycles. The largest absolute Gasteiger partial charge is 0.467 e. The lowest BCUT2D eigenvalue weighted by atomic mass is 10.0. The van der Waals surface area contributed by atoms with E-state index in [-0.39, 0.29) is 11.9 Å². The van der Waals surface area contributed by atoms with Gasteiger partial charge in [-0.2, -0.15) is 0 Å². The van der Waals surface area contributed by atoms with Gasteiger partial charge >= 0.3 is 11.9 Å². The van der Waals surface area contributed by atoms with Gasteiger partial charge < -0.3 is 20.1 Å². The molecule has 2 rings (SSSR count). The van der Waals surface area contributed by atoms with E-state index in [1.54, 1.807) is 13.8 Å². The maximum absolute atomic E-state index is 11.5. The van der Waals surface area contributed by atoms with Gasteiger partial charge in [0.2, 0.25) is 0 Å². The molecule has 0 aliphatic heterocycles. The van der Waals surface area contributed by atoms with E-state index in [1.165, 1.54) is 14.2 Å². The van der Waals surface area contributed by atoms with Gasteiger partial charge in [-0.25, -0.2) is 9.59 Å². The van der Waals surface area contributed by atoms with E-state index in [1.807, 2.05) is 48.5 Å². The molecule has 6 nitrogen and oxygen atoms in total. The van der Waals surface area contributed by atoms with Crippen molar-refractivity contribution in [2.24, 2.45) is 0 Å². The molecular formula is C21H26N2O4. The third kappa shape index (κ3) is 6.02. The van der Waals surface area contributed by atoms with Crippen molar-refractivity contribution in [1.29, 1.82) is 0 Å². The minimum Gasteiger partial charge on any atom is -0.467 e. The molecule has 144 valence electrons. The van der Waals surface area contributed by atoms with Crippen LogP contribution < -0.4 is 10.6 Å². The number of hydrogen-bond donors (Lipinski definition) is 2. The Kier molecular flexibility index (Phi) is 7.23. The standard InChI is InChI=1S/C21H26N2O4/c1-14(20(24)26-3)22-18-9-5-16(6-10-18)13-17-7-11-19(12-8-17)23-15(2)21(25)27-4/h5-12,14-15,22-23H,13H2,1-4H3/t14-,15-/m0/s1. The predicted octanol–water partition coefficient (Wildman–Crippen LogP) is 3.22. The summed E-state index contributed by atoms with van der Waals surface area (Å²) < 4.78 is 9.42. The van der Waals surface area contributed by atoms with E-state index in [0.29, 0.717) is 0 Å². The highest BCUT2D eigenvalue weighted by Crippen LogP contribution is 2.17. The molecule has 0 fully saturated rings. The molecule has 0 saturated carbocycles. The van der Waals surface area contributed by atoms with Crippen LogP contribution in [0.5, 0.6) is 0 Å². The molecule has 0 saturated heterocycles. The van der Waals surface area contributed by atoms with Crippen LogP contribution in [0.1, 0.15) is 25.0 Å². The summed E-state index contributed by atoms with van der Waals surface area (Å²) in [5, 5.41) is 6.21. The summed E-state index contributed by atoms with van der Waals surface area (Å²) in [6.45, 7) is 3.52. The molecule has 0 radical (unpaired) electrons.